The van der Waals surface area contributed by atoms with E-state index < -0.39 is 0 Å². The second kappa shape index (κ2) is 10.8. The van der Waals surface area contributed by atoms with Gasteiger partial charge in [0.2, 0.25) is 0 Å². The van der Waals surface area contributed by atoms with Crippen LogP contribution < -0.4 is 10.4 Å². The minimum atomic E-state index is 0.341. The first kappa shape index (κ1) is 25.9. The van der Waals surface area contributed by atoms with Crippen molar-refractivity contribution in [1.82, 2.24) is 4.98 Å². The smallest absolute Gasteiger partial charge is 0.0702 e. The van der Waals surface area contributed by atoms with E-state index in [4.69, 9.17) is 0 Å². The molecule has 0 saturated heterocycles. The van der Waals surface area contributed by atoms with Gasteiger partial charge in [0, 0.05) is 23.6 Å². The van der Waals surface area contributed by atoms with Gasteiger partial charge in [-0.25, -0.2) is 0 Å². The Morgan fingerprint density at radius 3 is 2.02 bits per heavy atom. The molecule has 1 heteroatoms. The molecule has 0 N–H and O–H groups in total. The van der Waals surface area contributed by atoms with Crippen LogP contribution >= 0.6 is 0 Å². The number of aryl methyl sites for hydroxylation is 2. The van der Waals surface area contributed by atoms with Crippen molar-refractivity contribution in [3.05, 3.63) is 171 Å². The summed E-state index contributed by atoms with van der Waals surface area (Å²) in [4.78, 5) is 4.63. The van der Waals surface area contributed by atoms with Crippen molar-refractivity contribution in [3.63, 3.8) is 0 Å². The van der Waals surface area contributed by atoms with Crippen LogP contribution in [0.4, 0.5) is 0 Å². The lowest BCUT2D eigenvalue weighted by Crippen LogP contribution is -2.40. The summed E-state index contributed by atoms with van der Waals surface area (Å²) < 4.78 is 0. The maximum Gasteiger partial charge on any atom is 0.0702 e. The quantitative estimate of drug-likeness (QED) is 0.247. The highest BCUT2D eigenvalue weighted by molar-refractivity contribution is 5.87. The molecule has 43 heavy (non-hydrogen) atoms. The fourth-order valence-corrected chi connectivity index (χ4v) is 7.48. The van der Waals surface area contributed by atoms with E-state index in [1.54, 1.807) is 0 Å². The number of nitrogens with zero attached hydrogens (tertiary/aromatic N) is 1. The fraction of sp³-hybridized carbons (Fsp3) is 0.167. The zero-order valence-corrected chi connectivity index (χ0v) is 24.6. The minimum absolute atomic E-state index is 0.341. The molecule has 0 saturated carbocycles. The Bertz CT molecular complexity index is 2010. The van der Waals surface area contributed by atoms with Gasteiger partial charge in [-0.05, 0) is 99.2 Å². The standard InChI is InChI=1S/C42H35N/c1-28-17-24-40(43-27-28)31-21-18-30(19-22-31)33-11-8-12-34(25-33)41-36-13-4-6-15-38(36)42(39-16-7-5-14-37(39)41)35-23-20-29-9-2-3-10-32(29)26-35/h2-7,9-11,13-19,21-22,24-27,36,38H,8,12,20,23H2,1H3. The van der Waals surface area contributed by atoms with Crippen molar-refractivity contribution in [2.75, 3.05) is 0 Å². The van der Waals surface area contributed by atoms with Gasteiger partial charge in [0.1, 0.15) is 0 Å². The zero-order valence-electron chi connectivity index (χ0n) is 24.6. The van der Waals surface area contributed by atoms with Crippen LogP contribution in [0.1, 0.15) is 41.5 Å². The molecular weight excluding hydrogens is 518 g/mol. The molecule has 1 aromatic heterocycles. The molecule has 4 aromatic rings. The van der Waals surface area contributed by atoms with Gasteiger partial charge in [-0.1, -0.05) is 121 Å². The SMILES string of the molecule is Cc1ccc(-c2ccc(C3=CCCC(C4=c5ccccc5=C(C5=Cc6ccccc6CC5)C5C=CC=CC45)=C3)cc2)nc1. The average molecular weight is 554 g/mol. The van der Waals surface area contributed by atoms with Crippen molar-refractivity contribution in [1.29, 1.82) is 0 Å². The Balaban J connectivity index is 1.24. The number of pyridine rings is 1. The van der Waals surface area contributed by atoms with Crippen LogP contribution in [0.5, 0.6) is 0 Å². The third-order valence-corrected chi connectivity index (χ3v) is 9.58. The molecule has 0 amide bonds. The zero-order chi connectivity index (χ0) is 28.8. The predicted octanol–water partition coefficient (Wildman–Crippen LogP) is 8.56. The van der Waals surface area contributed by atoms with Gasteiger partial charge < -0.3 is 0 Å². The van der Waals surface area contributed by atoms with Gasteiger partial charge in [-0.2, -0.15) is 0 Å². The van der Waals surface area contributed by atoms with Crippen LogP contribution in [0, 0.1) is 18.8 Å². The molecule has 1 heterocycles. The molecule has 2 atom stereocenters. The Labute approximate surface area is 254 Å². The van der Waals surface area contributed by atoms with Crippen LogP contribution in [-0.4, -0.2) is 4.98 Å². The van der Waals surface area contributed by atoms with Crippen LogP contribution in [0.25, 0.3) is 34.1 Å². The molecule has 2 unspecified atom stereocenters. The molecular formula is C42H35N. The van der Waals surface area contributed by atoms with E-state index in [0.717, 1.165) is 36.9 Å². The molecule has 4 aliphatic carbocycles. The molecule has 0 spiro atoms. The van der Waals surface area contributed by atoms with Gasteiger partial charge >= 0.3 is 0 Å². The molecule has 1 nitrogen and oxygen atoms in total. The normalized spacial score (nSPS) is 20.4. The Morgan fingerprint density at radius 2 is 1.30 bits per heavy atom. The number of allylic oxidation sites excluding steroid dienone is 9. The number of rotatable bonds is 4. The summed E-state index contributed by atoms with van der Waals surface area (Å²) in [6.45, 7) is 2.08. The molecule has 0 aliphatic heterocycles. The number of fused-ring (bicyclic) bond motifs is 3. The topological polar surface area (TPSA) is 12.9 Å². The highest BCUT2D eigenvalue weighted by atomic mass is 14.7. The van der Waals surface area contributed by atoms with Gasteiger partial charge in [-0.15, -0.1) is 0 Å². The maximum absolute atomic E-state index is 4.63. The van der Waals surface area contributed by atoms with Gasteiger partial charge in [0.05, 0.1) is 5.69 Å². The summed E-state index contributed by atoms with van der Waals surface area (Å²) >= 11 is 0. The highest BCUT2D eigenvalue weighted by Gasteiger charge is 2.34. The van der Waals surface area contributed by atoms with Crippen molar-refractivity contribution in [3.8, 4) is 11.3 Å². The summed E-state index contributed by atoms with van der Waals surface area (Å²) in [6, 6.07) is 31.3. The van der Waals surface area contributed by atoms with Crippen molar-refractivity contribution >= 4 is 22.8 Å². The summed E-state index contributed by atoms with van der Waals surface area (Å²) in [5.41, 5.74) is 14.8. The van der Waals surface area contributed by atoms with E-state index >= 15 is 0 Å². The predicted molar refractivity (Wildman–Crippen MR) is 180 cm³/mol. The van der Waals surface area contributed by atoms with E-state index in [0.29, 0.717) is 11.8 Å². The van der Waals surface area contributed by atoms with Crippen LogP contribution in [0.15, 0.2) is 139 Å². The minimum Gasteiger partial charge on any atom is -0.256 e. The second-order valence-corrected chi connectivity index (χ2v) is 12.2. The Hall–Kier alpha value is -4.75. The third-order valence-electron chi connectivity index (χ3n) is 9.58. The molecule has 3 aromatic carbocycles. The van der Waals surface area contributed by atoms with E-state index in [1.807, 2.05) is 6.20 Å². The molecule has 0 radical (unpaired) electrons. The van der Waals surface area contributed by atoms with E-state index in [1.165, 1.54) is 60.6 Å². The largest absolute Gasteiger partial charge is 0.256 e. The molecule has 8 rings (SSSR count). The van der Waals surface area contributed by atoms with Crippen LogP contribution in [0.2, 0.25) is 0 Å². The summed E-state index contributed by atoms with van der Waals surface area (Å²) in [6.07, 6.45) is 23.1. The van der Waals surface area contributed by atoms with Crippen molar-refractivity contribution in [2.24, 2.45) is 11.8 Å². The number of hydrogen-bond acceptors (Lipinski definition) is 1. The second-order valence-electron chi connectivity index (χ2n) is 12.2. The monoisotopic (exact) mass is 553 g/mol. The molecule has 208 valence electrons. The Morgan fingerprint density at radius 1 is 0.628 bits per heavy atom. The molecule has 0 bridgehead atoms. The summed E-state index contributed by atoms with van der Waals surface area (Å²) in [5, 5.41) is 2.82. The average Bonchev–Trinajstić information content (AvgIpc) is 3.07. The number of aromatic nitrogens is 1. The highest BCUT2D eigenvalue weighted by Crippen LogP contribution is 2.44. The first-order valence-electron chi connectivity index (χ1n) is 15.6. The number of benzene rings is 3. The van der Waals surface area contributed by atoms with E-state index in [9.17, 15) is 0 Å². The third kappa shape index (κ3) is 4.70. The van der Waals surface area contributed by atoms with Crippen LogP contribution in [0.3, 0.4) is 0 Å². The van der Waals surface area contributed by atoms with Gasteiger partial charge in [-0.3, -0.25) is 4.98 Å². The lowest BCUT2D eigenvalue weighted by atomic mass is 9.67. The lowest BCUT2D eigenvalue weighted by Gasteiger charge is -2.36. The summed E-state index contributed by atoms with van der Waals surface area (Å²) in [5.74, 6) is 0.691. The first-order valence-corrected chi connectivity index (χ1v) is 15.6. The number of hydrogen-bond donors (Lipinski definition) is 0. The lowest BCUT2D eigenvalue weighted by molar-refractivity contribution is 0.673. The van der Waals surface area contributed by atoms with Gasteiger partial charge in [0.25, 0.3) is 0 Å². The van der Waals surface area contributed by atoms with Crippen molar-refractivity contribution < 1.29 is 0 Å². The molecule has 0 fully saturated rings. The van der Waals surface area contributed by atoms with Crippen molar-refractivity contribution in [2.45, 2.75) is 32.6 Å². The Kier molecular flexibility index (Phi) is 6.52. The first-order chi connectivity index (χ1) is 21.2. The van der Waals surface area contributed by atoms with Crippen LogP contribution in [-0.2, 0) is 6.42 Å². The fourth-order valence-electron chi connectivity index (χ4n) is 7.48. The van der Waals surface area contributed by atoms with Gasteiger partial charge in [0.15, 0.2) is 0 Å². The summed E-state index contributed by atoms with van der Waals surface area (Å²) in [7, 11) is 0. The van der Waals surface area contributed by atoms with E-state index in [-0.39, 0.29) is 0 Å². The van der Waals surface area contributed by atoms with E-state index in [2.05, 4.69) is 139 Å². The maximum atomic E-state index is 4.63. The molecule has 4 aliphatic rings.